The number of hydrogen-bond acceptors (Lipinski definition) is 8. The summed E-state index contributed by atoms with van der Waals surface area (Å²) in [4.78, 5) is 28.3. The maximum atomic E-state index is 12.3. The number of aliphatic hydroxyl groups is 2. The monoisotopic (exact) mass is 864 g/mol. The molecule has 0 fully saturated rings. The molecule has 0 atom stereocenters. The summed E-state index contributed by atoms with van der Waals surface area (Å²) in [5.74, 6) is -0.0749. The normalized spacial score (nSPS) is 12.0. The molecule has 0 spiro atoms. The van der Waals surface area contributed by atoms with Crippen molar-refractivity contribution in [2.45, 2.75) is 203 Å². The molecule has 0 aromatic carbocycles. The summed E-state index contributed by atoms with van der Waals surface area (Å²) in [6.07, 6.45) is 42.4. The number of carbonyl (C=O) groups is 2. The topological polar surface area (TPSA) is 93.1 Å². The second kappa shape index (κ2) is 41.0. The average Bonchev–Trinajstić information content (AvgIpc) is 3.09. The van der Waals surface area contributed by atoms with Crippen LogP contribution in [0.4, 0.5) is 0 Å². The van der Waals surface area contributed by atoms with E-state index in [1.165, 1.54) is 190 Å². The van der Waals surface area contributed by atoms with Crippen LogP contribution in [0.1, 0.15) is 193 Å². The Morgan fingerprint density at radius 2 is 0.667 bits per heavy atom. The van der Waals surface area contributed by atoms with Crippen molar-refractivity contribution >= 4 is 54.7 Å². The van der Waals surface area contributed by atoms with Crippen molar-refractivity contribution < 1.29 is 26.0 Å². The molecule has 0 aliphatic heterocycles. The van der Waals surface area contributed by atoms with Crippen molar-refractivity contribution in [1.82, 2.24) is 0 Å². The standard InChI is InChI=1S/2C20H38O3S.2CH3.Sn/c2*21-17-15-13-11-9-7-5-3-1-2-4-6-8-10-12-14-16-18-24-19-20(22)23;;;/h2*16,18,21H,1-15,17,19H2,(H,22,23);2*1H3;/q;;;;+2/p-2. The van der Waals surface area contributed by atoms with Crippen molar-refractivity contribution in [2.24, 2.45) is 0 Å². The maximum absolute atomic E-state index is 12.3. The van der Waals surface area contributed by atoms with Gasteiger partial charge in [-0.3, -0.25) is 0 Å². The van der Waals surface area contributed by atoms with Gasteiger partial charge in [0, 0.05) is 13.2 Å². The van der Waals surface area contributed by atoms with Gasteiger partial charge in [-0.2, -0.15) is 0 Å². The van der Waals surface area contributed by atoms with Gasteiger partial charge in [0.15, 0.2) is 0 Å². The summed E-state index contributed by atoms with van der Waals surface area (Å²) in [5.41, 5.74) is 0. The van der Waals surface area contributed by atoms with Crippen LogP contribution in [0, 0.1) is 0 Å². The van der Waals surface area contributed by atoms with Gasteiger partial charge in [0.1, 0.15) is 0 Å². The third-order valence-corrected chi connectivity index (χ3v) is 14.7. The molecule has 9 heteroatoms. The van der Waals surface area contributed by atoms with E-state index in [-0.39, 0.29) is 23.4 Å². The number of carbonyl (C=O) groups excluding carboxylic acids is 2. The van der Waals surface area contributed by atoms with Gasteiger partial charge in [-0.15, -0.1) is 0 Å². The molecule has 0 aromatic rings. The molecule has 0 aromatic heterocycles. The molecular weight excluding hydrogens is 783 g/mol. The van der Waals surface area contributed by atoms with Gasteiger partial charge in [0.05, 0.1) is 0 Å². The Hall–Kier alpha value is -0.161. The van der Waals surface area contributed by atoms with Gasteiger partial charge in [0.2, 0.25) is 0 Å². The second-order valence-electron chi connectivity index (χ2n) is 14.6. The van der Waals surface area contributed by atoms with E-state index in [9.17, 15) is 9.59 Å². The minimum absolute atomic E-state index is 0.253. The predicted octanol–water partition coefficient (Wildman–Crippen LogP) is 13.0. The molecule has 6 nitrogen and oxygen atoms in total. The first-order valence-corrected chi connectivity index (χ1v) is 31.2. The fraction of sp³-hybridized carbons (Fsp3) is 0.857. The van der Waals surface area contributed by atoms with E-state index in [0.29, 0.717) is 13.2 Å². The van der Waals surface area contributed by atoms with Gasteiger partial charge in [-0.05, 0) is 12.8 Å². The first-order chi connectivity index (χ1) is 24.9. The SMILES string of the molecule is [CH3][Sn]([CH3])([O]C(=O)CSC=CCCCCCCCCCCCCCCCCO)[O]C(=O)CSC=CCCCCCCCCCCCCCCCCO. The molecule has 0 radical (unpaired) electrons. The zero-order chi connectivity index (χ0) is 37.4. The Kier molecular flexibility index (Phi) is 40.9. The molecule has 0 amide bonds. The average molecular weight is 864 g/mol. The Bertz CT molecular complexity index is 759. The smallest absolute Gasteiger partial charge is 0.396 e. The van der Waals surface area contributed by atoms with Crippen molar-refractivity contribution in [2.75, 3.05) is 24.7 Å². The Morgan fingerprint density at radius 3 is 0.922 bits per heavy atom. The van der Waals surface area contributed by atoms with E-state index in [2.05, 4.69) is 12.2 Å². The van der Waals surface area contributed by atoms with Crippen LogP contribution in [0.2, 0.25) is 9.88 Å². The minimum Gasteiger partial charge on any atom is -0.396 e. The number of allylic oxidation sites excluding steroid dienone is 2. The van der Waals surface area contributed by atoms with Crippen molar-refractivity contribution in [3.8, 4) is 0 Å². The van der Waals surface area contributed by atoms with Gasteiger partial charge in [-0.1, -0.05) is 103 Å². The molecule has 0 saturated carbocycles. The zero-order valence-corrected chi connectivity index (χ0v) is 37.7. The number of unbranched alkanes of at least 4 members (excludes halogenated alkanes) is 28. The van der Waals surface area contributed by atoms with Crippen LogP contribution in [-0.2, 0) is 15.7 Å². The number of rotatable bonds is 40. The molecule has 51 heavy (non-hydrogen) atoms. The second-order valence-corrected chi connectivity index (χ2v) is 25.6. The van der Waals surface area contributed by atoms with Crippen LogP contribution in [-0.4, -0.2) is 66.1 Å². The fourth-order valence-corrected chi connectivity index (χ4v) is 11.5. The molecule has 0 saturated heterocycles. The summed E-state index contributed by atoms with van der Waals surface area (Å²) < 4.78 is 11.2. The third-order valence-electron chi connectivity index (χ3n) is 9.06. The molecule has 2 N–H and O–H groups in total. The van der Waals surface area contributed by atoms with Gasteiger partial charge in [-0.25, -0.2) is 0 Å². The van der Waals surface area contributed by atoms with E-state index in [4.69, 9.17) is 16.4 Å². The summed E-state index contributed by atoms with van der Waals surface area (Å²) >= 11 is -0.748. The van der Waals surface area contributed by atoms with E-state index in [1.54, 1.807) is 0 Å². The number of aliphatic hydroxyl groups excluding tert-OH is 2. The fourth-order valence-electron chi connectivity index (χ4n) is 6.12. The molecule has 0 aliphatic rings. The quantitative estimate of drug-likeness (QED) is 0.0465. The van der Waals surface area contributed by atoms with Crippen molar-refractivity contribution in [1.29, 1.82) is 0 Å². The van der Waals surface area contributed by atoms with Crippen LogP contribution >= 0.6 is 23.5 Å². The van der Waals surface area contributed by atoms with Crippen LogP contribution < -0.4 is 0 Å². The van der Waals surface area contributed by atoms with Gasteiger partial charge < -0.3 is 10.2 Å². The molecule has 0 unspecified atom stereocenters. The molecule has 0 bridgehead atoms. The Labute approximate surface area is 328 Å². The number of hydrogen-bond donors (Lipinski definition) is 2. The zero-order valence-electron chi connectivity index (χ0n) is 33.2. The van der Waals surface area contributed by atoms with Gasteiger partial charge >= 0.3 is 192 Å². The predicted molar refractivity (Wildman–Crippen MR) is 226 cm³/mol. The van der Waals surface area contributed by atoms with E-state index < -0.39 is 19.2 Å². The van der Waals surface area contributed by atoms with E-state index in [1.807, 2.05) is 20.7 Å². The van der Waals surface area contributed by atoms with Crippen LogP contribution in [0.5, 0.6) is 0 Å². The Balaban J connectivity index is 3.58. The van der Waals surface area contributed by atoms with E-state index in [0.717, 1.165) is 25.7 Å². The first-order valence-electron chi connectivity index (χ1n) is 21.1. The summed E-state index contributed by atoms with van der Waals surface area (Å²) in [6.45, 7) is 0.679. The van der Waals surface area contributed by atoms with Crippen LogP contribution in [0.25, 0.3) is 0 Å². The van der Waals surface area contributed by atoms with Gasteiger partial charge in [0.25, 0.3) is 0 Å². The Morgan fingerprint density at radius 1 is 0.431 bits per heavy atom. The van der Waals surface area contributed by atoms with Crippen LogP contribution in [0.15, 0.2) is 23.0 Å². The first kappa shape index (κ1) is 50.8. The van der Waals surface area contributed by atoms with Crippen molar-refractivity contribution in [3.63, 3.8) is 0 Å². The summed E-state index contributed by atoms with van der Waals surface area (Å²) in [6, 6.07) is 0. The molecular formula is C42H80O6S2Sn. The molecule has 300 valence electrons. The third kappa shape index (κ3) is 42.4. The molecule has 0 aliphatic carbocycles. The van der Waals surface area contributed by atoms with Crippen LogP contribution in [0.3, 0.4) is 0 Å². The number of thioether (sulfide) groups is 2. The minimum atomic E-state index is -3.65. The van der Waals surface area contributed by atoms with E-state index >= 15 is 0 Å². The molecule has 0 rings (SSSR count). The van der Waals surface area contributed by atoms with Crippen molar-refractivity contribution in [3.05, 3.63) is 23.0 Å². The molecule has 0 heterocycles. The summed E-state index contributed by atoms with van der Waals surface area (Å²) in [5, 5.41) is 21.6. The summed E-state index contributed by atoms with van der Waals surface area (Å²) in [7, 11) is 0.